The van der Waals surface area contributed by atoms with Crippen molar-refractivity contribution >= 4 is 11.9 Å². The van der Waals surface area contributed by atoms with Crippen LogP contribution in [0.25, 0.3) is 0 Å². The Balaban J connectivity index is 1.70. The first-order chi connectivity index (χ1) is 12.0. The first-order valence-electron chi connectivity index (χ1n) is 8.27. The fourth-order valence-corrected chi connectivity index (χ4v) is 2.93. The van der Waals surface area contributed by atoms with Crippen LogP contribution in [0.5, 0.6) is 11.6 Å². The van der Waals surface area contributed by atoms with Crippen LogP contribution in [0.15, 0.2) is 48.7 Å². The van der Waals surface area contributed by atoms with Gasteiger partial charge in [0.25, 0.3) is 5.91 Å². The van der Waals surface area contributed by atoms with Gasteiger partial charge in [0.1, 0.15) is 5.75 Å². The van der Waals surface area contributed by atoms with Gasteiger partial charge in [0.15, 0.2) is 0 Å². The summed E-state index contributed by atoms with van der Waals surface area (Å²) in [5, 5.41) is 9.20. The quantitative estimate of drug-likeness (QED) is 0.924. The molecule has 25 heavy (non-hydrogen) atoms. The van der Waals surface area contributed by atoms with Crippen LogP contribution in [0.3, 0.4) is 0 Å². The smallest absolute Gasteiger partial charge is 0.308 e. The zero-order chi connectivity index (χ0) is 17.8. The van der Waals surface area contributed by atoms with E-state index in [2.05, 4.69) is 4.98 Å². The number of piperidine rings is 1. The van der Waals surface area contributed by atoms with Crippen LogP contribution in [0.1, 0.15) is 30.1 Å². The Kier molecular flexibility index (Phi) is 4.97. The molecule has 1 N–H and O–H groups in total. The third-order valence-corrected chi connectivity index (χ3v) is 4.44. The number of aromatic nitrogens is 1. The number of carbonyl (C=O) groups is 2. The van der Waals surface area contributed by atoms with E-state index in [1.54, 1.807) is 17.0 Å². The van der Waals surface area contributed by atoms with E-state index >= 15 is 0 Å². The van der Waals surface area contributed by atoms with Crippen molar-refractivity contribution in [1.29, 1.82) is 0 Å². The number of rotatable bonds is 4. The fourth-order valence-electron chi connectivity index (χ4n) is 2.93. The number of ether oxygens (including phenoxy) is 1. The maximum Gasteiger partial charge on any atom is 0.308 e. The second-order valence-corrected chi connectivity index (χ2v) is 6.22. The highest BCUT2D eigenvalue weighted by Crippen LogP contribution is 2.25. The summed E-state index contributed by atoms with van der Waals surface area (Å²) < 4.78 is 5.61. The third-order valence-electron chi connectivity index (χ3n) is 4.44. The molecule has 2 heterocycles. The van der Waals surface area contributed by atoms with Gasteiger partial charge in [-0.15, -0.1) is 0 Å². The molecular formula is C19H20N2O4. The molecule has 2 unspecified atom stereocenters. The van der Waals surface area contributed by atoms with Gasteiger partial charge >= 0.3 is 5.97 Å². The zero-order valence-electron chi connectivity index (χ0n) is 14.0. The van der Waals surface area contributed by atoms with Gasteiger partial charge in [-0.2, -0.15) is 0 Å². The van der Waals surface area contributed by atoms with E-state index in [4.69, 9.17) is 4.74 Å². The lowest BCUT2D eigenvalue weighted by atomic mass is 9.93. The number of carbonyl (C=O) groups excluding carboxylic acids is 1. The summed E-state index contributed by atoms with van der Waals surface area (Å²) in [5.74, 6) is -0.485. The second kappa shape index (κ2) is 7.34. The molecule has 0 aliphatic carbocycles. The van der Waals surface area contributed by atoms with Crippen LogP contribution < -0.4 is 4.74 Å². The number of carboxylic acid groups (broad SMARTS) is 1. The number of para-hydroxylation sites is 1. The molecule has 0 spiro atoms. The average Bonchev–Trinajstić information content (AvgIpc) is 2.63. The summed E-state index contributed by atoms with van der Waals surface area (Å²) in [5.41, 5.74) is 0.429. The Morgan fingerprint density at radius 3 is 2.56 bits per heavy atom. The second-order valence-electron chi connectivity index (χ2n) is 6.22. The first-order valence-corrected chi connectivity index (χ1v) is 8.27. The molecule has 0 radical (unpaired) electrons. The minimum atomic E-state index is -0.852. The van der Waals surface area contributed by atoms with Crippen molar-refractivity contribution in [3.05, 3.63) is 54.2 Å². The summed E-state index contributed by atoms with van der Waals surface area (Å²) >= 11 is 0. The summed E-state index contributed by atoms with van der Waals surface area (Å²) in [6, 6.07) is 12.6. The van der Waals surface area contributed by atoms with Gasteiger partial charge in [0.05, 0.1) is 11.5 Å². The Morgan fingerprint density at radius 1 is 1.16 bits per heavy atom. The molecule has 1 aromatic heterocycles. The molecule has 2 aromatic rings. The van der Waals surface area contributed by atoms with Gasteiger partial charge < -0.3 is 14.7 Å². The molecule has 1 aliphatic rings. The number of nitrogens with zero attached hydrogens (tertiary/aromatic N) is 2. The monoisotopic (exact) mass is 340 g/mol. The molecule has 6 nitrogen and oxygen atoms in total. The van der Waals surface area contributed by atoms with E-state index in [1.165, 1.54) is 6.20 Å². The Labute approximate surface area is 146 Å². The van der Waals surface area contributed by atoms with E-state index < -0.39 is 11.9 Å². The molecule has 1 saturated heterocycles. The van der Waals surface area contributed by atoms with Crippen molar-refractivity contribution in [1.82, 2.24) is 9.88 Å². The third kappa shape index (κ3) is 3.96. The van der Waals surface area contributed by atoms with E-state index in [-0.39, 0.29) is 18.5 Å². The number of carboxylic acids is 1. The van der Waals surface area contributed by atoms with Crippen LogP contribution in [-0.4, -0.2) is 39.5 Å². The van der Waals surface area contributed by atoms with Crippen molar-refractivity contribution in [2.24, 2.45) is 5.92 Å². The largest absolute Gasteiger partial charge is 0.481 e. The van der Waals surface area contributed by atoms with Crippen LogP contribution in [0.2, 0.25) is 0 Å². The van der Waals surface area contributed by atoms with Gasteiger partial charge in [-0.3, -0.25) is 9.59 Å². The van der Waals surface area contributed by atoms with Crippen molar-refractivity contribution in [3.8, 4) is 11.6 Å². The van der Waals surface area contributed by atoms with Crippen molar-refractivity contribution in [2.75, 3.05) is 6.54 Å². The number of amides is 1. The highest BCUT2D eigenvalue weighted by molar-refractivity contribution is 5.94. The van der Waals surface area contributed by atoms with Crippen molar-refractivity contribution < 1.29 is 19.4 Å². The standard InChI is InChI=1S/C19H20N2O4/c1-13-7-8-15(19(23)24)12-21(13)18(22)14-9-10-17(20-11-14)25-16-5-3-2-4-6-16/h2-6,9-11,13,15H,7-8,12H2,1H3,(H,23,24). The van der Waals surface area contributed by atoms with Crippen LogP contribution in [0.4, 0.5) is 0 Å². The van der Waals surface area contributed by atoms with E-state index in [1.807, 2.05) is 37.3 Å². The highest BCUT2D eigenvalue weighted by Gasteiger charge is 2.33. The van der Waals surface area contributed by atoms with Gasteiger partial charge in [-0.25, -0.2) is 4.98 Å². The van der Waals surface area contributed by atoms with Gasteiger partial charge in [0.2, 0.25) is 5.88 Å². The lowest BCUT2D eigenvalue weighted by Gasteiger charge is -2.36. The molecule has 1 fully saturated rings. The van der Waals surface area contributed by atoms with Crippen molar-refractivity contribution in [2.45, 2.75) is 25.8 Å². The summed E-state index contributed by atoms with van der Waals surface area (Å²) in [6.07, 6.45) is 2.76. The highest BCUT2D eigenvalue weighted by atomic mass is 16.5. The van der Waals surface area contributed by atoms with E-state index in [0.29, 0.717) is 30.0 Å². The zero-order valence-corrected chi connectivity index (χ0v) is 14.0. The predicted octanol–water partition coefficient (Wildman–Crippen LogP) is 3.20. The number of benzene rings is 1. The Hall–Kier alpha value is -2.89. The number of aliphatic carboxylic acids is 1. The number of likely N-dealkylation sites (tertiary alicyclic amines) is 1. The molecule has 1 aromatic carbocycles. The Bertz CT molecular complexity index is 746. The SMILES string of the molecule is CC1CCC(C(=O)O)CN1C(=O)c1ccc(Oc2ccccc2)nc1. The van der Waals surface area contributed by atoms with Crippen LogP contribution >= 0.6 is 0 Å². The summed E-state index contributed by atoms with van der Waals surface area (Å²) in [7, 11) is 0. The summed E-state index contributed by atoms with van der Waals surface area (Å²) in [4.78, 5) is 29.7. The Morgan fingerprint density at radius 2 is 1.92 bits per heavy atom. The number of pyridine rings is 1. The van der Waals surface area contributed by atoms with Gasteiger partial charge in [-0.1, -0.05) is 18.2 Å². The molecule has 2 atom stereocenters. The average molecular weight is 340 g/mol. The lowest BCUT2D eigenvalue weighted by molar-refractivity contribution is -0.143. The van der Waals surface area contributed by atoms with Gasteiger partial charge in [-0.05, 0) is 38.0 Å². The van der Waals surface area contributed by atoms with Crippen molar-refractivity contribution in [3.63, 3.8) is 0 Å². The predicted molar refractivity (Wildman–Crippen MR) is 91.6 cm³/mol. The number of hydrogen-bond acceptors (Lipinski definition) is 4. The molecule has 0 saturated carbocycles. The fraction of sp³-hybridized carbons (Fsp3) is 0.316. The minimum Gasteiger partial charge on any atom is -0.481 e. The minimum absolute atomic E-state index is 0.0170. The first kappa shape index (κ1) is 17.0. The molecule has 3 rings (SSSR count). The number of hydrogen-bond donors (Lipinski definition) is 1. The molecular weight excluding hydrogens is 320 g/mol. The van der Waals surface area contributed by atoms with E-state index in [0.717, 1.165) is 0 Å². The molecule has 0 bridgehead atoms. The molecule has 130 valence electrons. The maximum atomic E-state index is 12.7. The summed E-state index contributed by atoms with van der Waals surface area (Å²) in [6.45, 7) is 2.17. The lowest BCUT2D eigenvalue weighted by Crippen LogP contribution is -2.47. The van der Waals surface area contributed by atoms with Crippen LogP contribution in [0, 0.1) is 5.92 Å². The van der Waals surface area contributed by atoms with Crippen LogP contribution in [-0.2, 0) is 4.79 Å². The normalized spacial score (nSPS) is 20.1. The molecule has 6 heteroatoms. The maximum absolute atomic E-state index is 12.7. The molecule has 1 aliphatic heterocycles. The van der Waals surface area contributed by atoms with Gasteiger partial charge in [0, 0.05) is 24.8 Å². The van der Waals surface area contributed by atoms with E-state index in [9.17, 15) is 14.7 Å². The topological polar surface area (TPSA) is 79.7 Å². The molecule has 1 amide bonds.